The number of rotatable bonds is 4. The topological polar surface area (TPSA) is 17.1 Å². The van der Waals surface area contributed by atoms with Gasteiger partial charge in [-0.1, -0.05) is 13.8 Å². The van der Waals surface area contributed by atoms with E-state index in [1.54, 1.807) is 6.92 Å². The maximum absolute atomic E-state index is 11.2. The molecule has 0 aromatic heterocycles. The van der Waals surface area contributed by atoms with E-state index in [0.717, 1.165) is 12.8 Å². The minimum absolute atomic E-state index is 0.174. The molecule has 60 valence electrons. The molecule has 1 nitrogen and oxygen atoms in total. The number of alkyl halides is 1. The molecule has 0 amide bonds. The normalized spacial score (nSPS) is 13.7. The molecule has 1 unspecified atom stereocenters. The molecule has 0 saturated heterocycles. The van der Waals surface area contributed by atoms with Crippen molar-refractivity contribution < 1.29 is 4.79 Å². The van der Waals surface area contributed by atoms with Gasteiger partial charge in [-0.25, -0.2) is 0 Å². The third-order valence-electron chi connectivity index (χ3n) is 1.78. The highest BCUT2D eigenvalue weighted by atomic mass is 35.5. The summed E-state index contributed by atoms with van der Waals surface area (Å²) in [6.45, 7) is 5.78. The third-order valence-corrected chi connectivity index (χ3v) is 2.00. The van der Waals surface area contributed by atoms with Gasteiger partial charge in [0.05, 0.1) is 5.38 Å². The van der Waals surface area contributed by atoms with Crippen LogP contribution in [0.25, 0.3) is 0 Å². The first-order chi connectivity index (χ1) is 4.63. The zero-order valence-corrected chi connectivity index (χ0v) is 7.61. The number of hydrogen-bond donors (Lipinski definition) is 0. The van der Waals surface area contributed by atoms with Crippen LogP contribution in [0.4, 0.5) is 0 Å². The lowest BCUT2D eigenvalue weighted by Crippen LogP contribution is -2.20. The van der Waals surface area contributed by atoms with Crippen LogP contribution in [0.1, 0.15) is 33.6 Å². The van der Waals surface area contributed by atoms with E-state index in [0.29, 0.717) is 0 Å². The molecule has 0 aliphatic rings. The number of carbonyl (C=O) groups is 1. The van der Waals surface area contributed by atoms with Crippen molar-refractivity contribution in [2.75, 3.05) is 0 Å². The van der Waals surface area contributed by atoms with Crippen molar-refractivity contribution in [1.29, 1.82) is 0 Å². The van der Waals surface area contributed by atoms with Crippen molar-refractivity contribution in [3.63, 3.8) is 0 Å². The molecule has 0 N–H and O–H groups in total. The average molecular weight is 163 g/mol. The molecule has 2 heteroatoms. The van der Waals surface area contributed by atoms with Crippen molar-refractivity contribution >= 4 is 17.4 Å². The van der Waals surface area contributed by atoms with Crippen molar-refractivity contribution in [1.82, 2.24) is 0 Å². The summed E-state index contributed by atoms with van der Waals surface area (Å²) in [5, 5.41) is -0.315. The van der Waals surface area contributed by atoms with Crippen molar-refractivity contribution in [2.45, 2.75) is 39.0 Å². The molecule has 0 aromatic carbocycles. The van der Waals surface area contributed by atoms with Gasteiger partial charge in [0.25, 0.3) is 0 Å². The number of Topliss-reactive ketones (excluding diaryl/α,β-unsaturated/α-hetero) is 1. The van der Waals surface area contributed by atoms with Gasteiger partial charge in [-0.05, 0) is 19.8 Å². The van der Waals surface area contributed by atoms with Crippen LogP contribution >= 0.6 is 11.6 Å². The van der Waals surface area contributed by atoms with Crippen LogP contribution in [-0.4, -0.2) is 11.2 Å². The van der Waals surface area contributed by atoms with Gasteiger partial charge in [0, 0.05) is 5.92 Å². The molecule has 0 radical (unpaired) electrons. The predicted octanol–water partition coefficient (Wildman–Crippen LogP) is 2.62. The van der Waals surface area contributed by atoms with E-state index < -0.39 is 0 Å². The molecule has 0 fully saturated rings. The van der Waals surface area contributed by atoms with Gasteiger partial charge in [-0.3, -0.25) is 4.79 Å². The van der Waals surface area contributed by atoms with Crippen LogP contribution < -0.4 is 0 Å². The number of hydrogen-bond acceptors (Lipinski definition) is 1. The van der Waals surface area contributed by atoms with Crippen LogP contribution in [0.2, 0.25) is 0 Å². The number of carbonyl (C=O) groups excluding carboxylic acids is 1. The first-order valence-corrected chi connectivity index (χ1v) is 4.24. The standard InChI is InChI=1S/C8H15ClO/c1-4-7(5-2)8(10)6(3)9/h6-7H,4-5H2,1-3H3. The summed E-state index contributed by atoms with van der Waals surface area (Å²) in [6, 6.07) is 0. The van der Waals surface area contributed by atoms with Crippen LogP contribution in [0.5, 0.6) is 0 Å². The van der Waals surface area contributed by atoms with Gasteiger partial charge < -0.3 is 0 Å². The summed E-state index contributed by atoms with van der Waals surface area (Å²) >= 11 is 5.63. The fourth-order valence-electron chi connectivity index (χ4n) is 1.02. The van der Waals surface area contributed by atoms with E-state index in [2.05, 4.69) is 0 Å². The molecular weight excluding hydrogens is 148 g/mol. The maximum Gasteiger partial charge on any atom is 0.153 e. The molecule has 0 aliphatic heterocycles. The third kappa shape index (κ3) is 2.70. The van der Waals surface area contributed by atoms with E-state index in [1.807, 2.05) is 13.8 Å². The highest BCUT2D eigenvalue weighted by molar-refractivity contribution is 6.31. The Balaban J connectivity index is 3.89. The molecule has 0 saturated carbocycles. The predicted molar refractivity (Wildman–Crippen MR) is 44.4 cm³/mol. The minimum Gasteiger partial charge on any atom is -0.298 e. The van der Waals surface area contributed by atoms with Crippen LogP contribution in [0.15, 0.2) is 0 Å². The summed E-state index contributed by atoms with van der Waals surface area (Å²) in [4.78, 5) is 11.2. The molecule has 0 aromatic rings. The first kappa shape index (κ1) is 9.96. The Morgan fingerprint density at radius 1 is 1.40 bits per heavy atom. The summed E-state index contributed by atoms with van der Waals surface area (Å²) in [6.07, 6.45) is 1.82. The van der Waals surface area contributed by atoms with E-state index in [-0.39, 0.29) is 17.1 Å². The second-order valence-electron chi connectivity index (χ2n) is 2.53. The zero-order valence-electron chi connectivity index (χ0n) is 6.86. The second-order valence-corrected chi connectivity index (χ2v) is 3.19. The summed E-state index contributed by atoms with van der Waals surface area (Å²) in [5.74, 6) is 0.360. The van der Waals surface area contributed by atoms with Gasteiger partial charge >= 0.3 is 0 Å². The second kappa shape index (κ2) is 4.73. The molecule has 1 atom stereocenters. The van der Waals surface area contributed by atoms with Crippen LogP contribution in [0.3, 0.4) is 0 Å². The lowest BCUT2D eigenvalue weighted by atomic mass is 9.96. The maximum atomic E-state index is 11.2. The molecule has 0 aliphatic carbocycles. The lowest BCUT2D eigenvalue weighted by molar-refractivity contribution is -0.122. The molecule has 0 heterocycles. The van der Waals surface area contributed by atoms with E-state index in [4.69, 9.17) is 11.6 Å². The first-order valence-electron chi connectivity index (χ1n) is 3.81. The van der Waals surface area contributed by atoms with Gasteiger partial charge in [0.2, 0.25) is 0 Å². The smallest absolute Gasteiger partial charge is 0.153 e. The Bertz CT molecular complexity index is 106. The van der Waals surface area contributed by atoms with E-state index in [1.165, 1.54) is 0 Å². The van der Waals surface area contributed by atoms with Crippen molar-refractivity contribution in [3.05, 3.63) is 0 Å². The molecule has 0 bridgehead atoms. The van der Waals surface area contributed by atoms with Gasteiger partial charge in [0.1, 0.15) is 0 Å². The Morgan fingerprint density at radius 3 is 1.90 bits per heavy atom. The Labute approximate surface area is 67.8 Å². The fourth-order valence-corrected chi connectivity index (χ4v) is 1.19. The van der Waals surface area contributed by atoms with Gasteiger partial charge in [-0.2, -0.15) is 0 Å². The van der Waals surface area contributed by atoms with Crippen LogP contribution in [-0.2, 0) is 4.79 Å². The van der Waals surface area contributed by atoms with Gasteiger partial charge in [-0.15, -0.1) is 11.6 Å². The fraction of sp³-hybridized carbons (Fsp3) is 0.875. The largest absolute Gasteiger partial charge is 0.298 e. The molecule has 10 heavy (non-hydrogen) atoms. The quantitative estimate of drug-likeness (QED) is 0.581. The van der Waals surface area contributed by atoms with Crippen molar-refractivity contribution in [3.8, 4) is 0 Å². The highest BCUT2D eigenvalue weighted by Crippen LogP contribution is 2.13. The zero-order chi connectivity index (χ0) is 8.15. The Hall–Kier alpha value is -0.0400. The lowest BCUT2D eigenvalue weighted by Gasteiger charge is -2.11. The van der Waals surface area contributed by atoms with E-state index in [9.17, 15) is 4.79 Å². The Morgan fingerprint density at radius 2 is 1.80 bits per heavy atom. The minimum atomic E-state index is -0.315. The monoisotopic (exact) mass is 162 g/mol. The number of halogens is 1. The van der Waals surface area contributed by atoms with E-state index >= 15 is 0 Å². The summed E-state index contributed by atoms with van der Waals surface area (Å²) in [5.41, 5.74) is 0. The SMILES string of the molecule is CCC(CC)C(=O)C(C)Cl. The van der Waals surface area contributed by atoms with Gasteiger partial charge in [0.15, 0.2) is 5.78 Å². The molecule has 0 spiro atoms. The number of ketones is 1. The molecule has 0 rings (SSSR count). The van der Waals surface area contributed by atoms with Crippen molar-refractivity contribution in [2.24, 2.45) is 5.92 Å². The summed E-state index contributed by atoms with van der Waals surface area (Å²) < 4.78 is 0. The highest BCUT2D eigenvalue weighted by Gasteiger charge is 2.18. The van der Waals surface area contributed by atoms with Crippen LogP contribution in [0, 0.1) is 5.92 Å². The summed E-state index contributed by atoms with van der Waals surface area (Å²) in [7, 11) is 0. The average Bonchev–Trinajstić information content (AvgIpc) is 1.90. The molecular formula is C8H15ClO. The Kier molecular flexibility index (Phi) is 4.71.